The summed E-state index contributed by atoms with van der Waals surface area (Å²) in [5.41, 5.74) is 0.436. The van der Waals surface area contributed by atoms with Crippen molar-refractivity contribution in [3.8, 4) is 5.75 Å². The van der Waals surface area contributed by atoms with E-state index in [9.17, 15) is 17.6 Å². The number of nitrogens with one attached hydrogen (secondary N) is 3. The monoisotopic (exact) mass is 422 g/mol. The Morgan fingerprint density at radius 2 is 2.17 bits per heavy atom. The molecule has 2 aliphatic rings. The predicted octanol–water partition coefficient (Wildman–Crippen LogP) is 1.37. The number of carbonyl (C=O) groups excluding carboxylic acids is 1. The number of aryl methyl sites for hydroxylation is 2. The number of hydrogen-bond acceptors (Lipinski definition) is 5. The van der Waals surface area contributed by atoms with Gasteiger partial charge in [0.2, 0.25) is 10.0 Å². The minimum absolute atomic E-state index is 0.0166. The van der Waals surface area contributed by atoms with E-state index >= 15 is 0 Å². The zero-order valence-electron chi connectivity index (χ0n) is 16.4. The van der Waals surface area contributed by atoms with Crippen molar-refractivity contribution in [2.45, 2.75) is 24.8 Å². The molecule has 29 heavy (non-hydrogen) atoms. The number of sulfonamides is 1. The number of nitrogens with zero attached hydrogens (tertiary/aromatic N) is 1. The average molecular weight is 422 g/mol. The lowest BCUT2D eigenvalue weighted by atomic mass is 9.87. The van der Waals surface area contributed by atoms with Crippen molar-refractivity contribution in [3.63, 3.8) is 0 Å². The van der Waals surface area contributed by atoms with E-state index in [0.29, 0.717) is 24.3 Å². The van der Waals surface area contributed by atoms with E-state index in [0.717, 1.165) is 0 Å². The number of fused-ring (bicyclic) bond motifs is 2. The Kier molecular flexibility index (Phi) is 4.67. The highest BCUT2D eigenvalue weighted by Crippen LogP contribution is 2.37. The summed E-state index contributed by atoms with van der Waals surface area (Å²) in [6.07, 6.45) is 1.37. The highest BCUT2D eigenvalue weighted by Gasteiger charge is 2.45. The smallest absolute Gasteiger partial charge is 0.276 e. The maximum Gasteiger partial charge on any atom is 0.276 e. The van der Waals surface area contributed by atoms with Crippen LogP contribution in [-0.2, 0) is 17.1 Å². The fourth-order valence-electron chi connectivity index (χ4n) is 3.78. The summed E-state index contributed by atoms with van der Waals surface area (Å²) in [5, 5.41) is 5.87. The van der Waals surface area contributed by atoms with E-state index in [1.807, 2.05) is 6.92 Å². The Hall–Kier alpha value is -2.43. The van der Waals surface area contributed by atoms with Crippen molar-refractivity contribution in [3.05, 3.63) is 41.5 Å². The molecule has 1 aromatic carbocycles. The third-order valence-corrected chi connectivity index (χ3v) is 7.05. The standard InChI is InChI=1S/C19H23FN4O4S/c1-11-6-12(4-5-13(11)20)22-18(25)16-17-14(8-24(16)3)29(26,27)23-15-7-21-9-19(15,2)10-28-17/h4-6,8,15,21,23H,7,9-10H2,1-3H3,(H,22,25). The van der Waals surface area contributed by atoms with Gasteiger partial charge in [0.1, 0.15) is 10.7 Å². The second-order valence-electron chi connectivity index (χ2n) is 7.95. The van der Waals surface area contributed by atoms with Gasteiger partial charge in [0.05, 0.1) is 6.61 Å². The average Bonchev–Trinajstić information content (AvgIpc) is 3.16. The van der Waals surface area contributed by atoms with Gasteiger partial charge < -0.3 is 19.9 Å². The number of anilines is 1. The highest BCUT2D eigenvalue weighted by atomic mass is 32.2. The lowest BCUT2D eigenvalue weighted by Gasteiger charge is -2.32. The van der Waals surface area contributed by atoms with Gasteiger partial charge in [-0.3, -0.25) is 4.79 Å². The molecule has 1 saturated heterocycles. The Balaban J connectivity index is 1.72. The summed E-state index contributed by atoms with van der Waals surface area (Å²) < 4.78 is 49.5. The summed E-state index contributed by atoms with van der Waals surface area (Å²) >= 11 is 0. The number of benzene rings is 1. The van der Waals surface area contributed by atoms with E-state index in [1.54, 1.807) is 14.0 Å². The summed E-state index contributed by atoms with van der Waals surface area (Å²) in [6.45, 7) is 4.89. The maximum absolute atomic E-state index is 13.5. The number of carbonyl (C=O) groups is 1. The van der Waals surface area contributed by atoms with E-state index in [4.69, 9.17) is 4.74 Å². The second-order valence-corrected chi connectivity index (χ2v) is 9.63. The van der Waals surface area contributed by atoms with Crippen molar-refractivity contribution >= 4 is 21.6 Å². The molecule has 2 aromatic rings. The Morgan fingerprint density at radius 1 is 1.41 bits per heavy atom. The highest BCUT2D eigenvalue weighted by molar-refractivity contribution is 7.89. The molecule has 1 amide bonds. The molecule has 2 aliphatic heterocycles. The molecule has 0 aliphatic carbocycles. The van der Waals surface area contributed by atoms with Crippen LogP contribution in [0.3, 0.4) is 0 Å². The first kappa shape index (κ1) is 19.9. The fourth-order valence-corrected chi connectivity index (χ4v) is 5.34. The molecule has 3 N–H and O–H groups in total. The first-order chi connectivity index (χ1) is 13.6. The minimum Gasteiger partial charge on any atom is -0.489 e. The van der Waals surface area contributed by atoms with E-state index in [2.05, 4.69) is 15.4 Å². The molecule has 2 unspecified atom stereocenters. The topological polar surface area (TPSA) is 101 Å². The zero-order valence-corrected chi connectivity index (χ0v) is 17.2. The van der Waals surface area contributed by atoms with Gasteiger partial charge in [0.25, 0.3) is 5.91 Å². The van der Waals surface area contributed by atoms with Gasteiger partial charge in [-0.15, -0.1) is 0 Å². The van der Waals surface area contributed by atoms with Crippen molar-refractivity contribution in [2.24, 2.45) is 12.5 Å². The van der Waals surface area contributed by atoms with Crippen molar-refractivity contribution < 1.29 is 22.3 Å². The first-order valence-corrected chi connectivity index (χ1v) is 10.7. The summed E-state index contributed by atoms with van der Waals surface area (Å²) in [4.78, 5) is 12.9. The molecule has 1 fully saturated rings. The molecule has 8 nitrogen and oxygen atoms in total. The summed E-state index contributed by atoms with van der Waals surface area (Å²) in [7, 11) is -2.30. The third kappa shape index (κ3) is 3.41. The van der Waals surface area contributed by atoms with E-state index < -0.39 is 21.3 Å². The fraction of sp³-hybridized carbons (Fsp3) is 0.421. The van der Waals surface area contributed by atoms with Crippen molar-refractivity contribution in [2.75, 3.05) is 25.0 Å². The molecule has 2 atom stereocenters. The normalized spacial score (nSPS) is 25.3. The number of rotatable bonds is 2. The lowest BCUT2D eigenvalue weighted by Crippen LogP contribution is -2.49. The van der Waals surface area contributed by atoms with Crippen LogP contribution >= 0.6 is 0 Å². The van der Waals surface area contributed by atoms with E-state index in [1.165, 1.54) is 29.0 Å². The molecule has 10 heteroatoms. The second kappa shape index (κ2) is 6.82. The third-order valence-electron chi connectivity index (χ3n) is 5.59. The molecule has 1 aromatic heterocycles. The molecular weight excluding hydrogens is 399 g/mol. The number of halogens is 1. The van der Waals surface area contributed by atoms with Crippen LogP contribution in [-0.4, -0.2) is 44.6 Å². The molecule has 156 valence electrons. The Morgan fingerprint density at radius 3 is 2.90 bits per heavy atom. The van der Waals surface area contributed by atoms with Crippen LogP contribution in [0.25, 0.3) is 0 Å². The first-order valence-electron chi connectivity index (χ1n) is 9.23. The van der Waals surface area contributed by atoms with Crippen LogP contribution in [0, 0.1) is 18.2 Å². The maximum atomic E-state index is 13.5. The summed E-state index contributed by atoms with van der Waals surface area (Å²) in [5.74, 6) is -0.898. The molecule has 4 rings (SSSR count). The molecule has 0 radical (unpaired) electrons. The lowest BCUT2D eigenvalue weighted by molar-refractivity contribution is 0.100. The molecule has 3 heterocycles. The van der Waals surface area contributed by atoms with Crippen LogP contribution < -0.4 is 20.1 Å². The summed E-state index contributed by atoms with van der Waals surface area (Å²) in [6, 6.07) is 3.91. The molecule has 0 bridgehead atoms. The number of amides is 1. The Labute approximate surface area is 168 Å². The van der Waals surface area contributed by atoms with Crippen molar-refractivity contribution in [1.82, 2.24) is 14.6 Å². The van der Waals surface area contributed by atoms with Gasteiger partial charge in [0, 0.05) is 43.5 Å². The van der Waals surface area contributed by atoms with Gasteiger partial charge >= 0.3 is 0 Å². The predicted molar refractivity (Wildman–Crippen MR) is 105 cm³/mol. The van der Waals surface area contributed by atoms with Gasteiger partial charge in [-0.05, 0) is 30.7 Å². The number of aromatic nitrogens is 1. The van der Waals surface area contributed by atoms with Crippen LogP contribution in [0.5, 0.6) is 5.75 Å². The molecule has 0 saturated carbocycles. The van der Waals surface area contributed by atoms with Crippen LogP contribution in [0.1, 0.15) is 23.0 Å². The van der Waals surface area contributed by atoms with Crippen LogP contribution in [0.15, 0.2) is 29.3 Å². The minimum atomic E-state index is -3.88. The van der Waals surface area contributed by atoms with Gasteiger partial charge in [0.15, 0.2) is 11.4 Å². The van der Waals surface area contributed by atoms with Crippen LogP contribution in [0.4, 0.5) is 10.1 Å². The van der Waals surface area contributed by atoms with Gasteiger partial charge in [-0.25, -0.2) is 17.5 Å². The number of ether oxygens (including phenoxy) is 1. The molecule has 0 spiro atoms. The van der Waals surface area contributed by atoms with Crippen LogP contribution in [0.2, 0.25) is 0 Å². The largest absolute Gasteiger partial charge is 0.489 e. The zero-order chi connectivity index (χ0) is 21.0. The van der Waals surface area contributed by atoms with Crippen molar-refractivity contribution in [1.29, 1.82) is 0 Å². The van der Waals surface area contributed by atoms with Gasteiger partial charge in [-0.1, -0.05) is 6.92 Å². The SMILES string of the molecule is Cc1cc(NC(=O)c2c3c(cn2C)S(=O)(=O)NC2CNCC2(C)CO3)ccc1F. The Bertz CT molecular complexity index is 1100. The van der Waals surface area contributed by atoms with E-state index in [-0.39, 0.29) is 34.8 Å². The van der Waals surface area contributed by atoms with Gasteiger partial charge in [-0.2, -0.15) is 0 Å². The number of hydrogen-bond donors (Lipinski definition) is 3. The molecular formula is C19H23FN4O4S. The quantitative estimate of drug-likeness (QED) is 0.679.